The van der Waals surface area contributed by atoms with Gasteiger partial charge in [-0.15, -0.1) is 0 Å². The van der Waals surface area contributed by atoms with Crippen LogP contribution in [0, 0.1) is 23.7 Å². The number of carbonyl (C=O) groups is 1. The van der Waals surface area contributed by atoms with Gasteiger partial charge < -0.3 is 5.11 Å². The first-order valence-corrected chi connectivity index (χ1v) is 6.69. The largest absolute Gasteiger partial charge is 0.393 e. The van der Waals surface area contributed by atoms with Crippen LogP contribution in [0.15, 0.2) is 0 Å². The molecule has 0 radical (unpaired) electrons. The Morgan fingerprint density at radius 1 is 1.38 bits per heavy atom. The van der Waals surface area contributed by atoms with Gasteiger partial charge in [-0.05, 0) is 31.1 Å². The van der Waals surface area contributed by atoms with Crippen molar-refractivity contribution in [2.45, 2.75) is 59.5 Å². The van der Waals surface area contributed by atoms with Crippen molar-refractivity contribution in [2.75, 3.05) is 0 Å². The smallest absolute Gasteiger partial charge is 0.139 e. The van der Waals surface area contributed by atoms with Gasteiger partial charge >= 0.3 is 0 Å². The molecule has 0 aromatic carbocycles. The van der Waals surface area contributed by atoms with Gasteiger partial charge in [-0.1, -0.05) is 34.1 Å². The quantitative estimate of drug-likeness (QED) is 0.800. The molecule has 0 bridgehead atoms. The van der Waals surface area contributed by atoms with Crippen molar-refractivity contribution in [1.29, 1.82) is 0 Å². The Morgan fingerprint density at radius 3 is 2.50 bits per heavy atom. The van der Waals surface area contributed by atoms with Gasteiger partial charge in [0.15, 0.2) is 0 Å². The van der Waals surface area contributed by atoms with E-state index in [4.69, 9.17) is 0 Å². The number of carbonyl (C=O) groups excluding carboxylic acids is 1. The molecule has 2 nitrogen and oxygen atoms in total. The van der Waals surface area contributed by atoms with Crippen LogP contribution in [0.3, 0.4) is 0 Å². The number of rotatable bonds is 4. The second-order valence-electron chi connectivity index (χ2n) is 5.63. The van der Waals surface area contributed by atoms with E-state index in [0.29, 0.717) is 17.6 Å². The number of aliphatic hydroxyl groups is 1. The van der Waals surface area contributed by atoms with Crippen LogP contribution >= 0.6 is 0 Å². The summed E-state index contributed by atoms with van der Waals surface area (Å²) in [5.74, 6) is 1.61. The van der Waals surface area contributed by atoms with E-state index in [0.717, 1.165) is 25.7 Å². The first-order chi connectivity index (χ1) is 7.47. The van der Waals surface area contributed by atoms with Crippen LogP contribution in [0.2, 0.25) is 0 Å². The van der Waals surface area contributed by atoms with Crippen molar-refractivity contribution < 1.29 is 9.90 Å². The minimum atomic E-state index is -0.182. The van der Waals surface area contributed by atoms with Gasteiger partial charge in [0.05, 0.1) is 6.10 Å². The Balaban J connectivity index is 2.59. The molecule has 0 heterocycles. The summed E-state index contributed by atoms with van der Waals surface area (Å²) < 4.78 is 0. The van der Waals surface area contributed by atoms with E-state index in [1.807, 2.05) is 0 Å². The lowest BCUT2D eigenvalue weighted by atomic mass is 9.72. The number of Topliss-reactive ketones (excluding diaryl/α,β-unsaturated/α-hetero) is 1. The molecule has 0 aromatic heterocycles. The molecule has 4 unspecified atom stereocenters. The van der Waals surface area contributed by atoms with Crippen LogP contribution < -0.4 is 0 Å². The molecule has 2 heteroatoms. The molecule has 1 saturated carbocycles. The zero-order chi connectivity index (χ0) is 12.3. The molecular formula is C14H26O2. The summed E-state index contributed by atoms with van der Waals surface area (Å²) in [6, 6.07) is 0. The Kier molecular flexibility index (Phi) is 4.97. The molecule has 16 heavy (non-hydrogen) atoms. The molecule has 0 amide bonds. The Hall–Kier alpha value is -0.370. The summed E-state index contributed by atoms with van der Waals surface area (Å²) in [4.78, 5) is 12.3. The summed E-state index contributed by atoms with van der Waals surface area (Å²) in [5.41, 5.74) is 0. The highest BCUT2D eigenvalue weighted by Gasteiger charge is 2.34. The normalized spacial score (nSPS) is 34.4. The fraction of sp³-hybridized carbons (Fsp3) is 0.929. The maximum absolute atomic E-state index is 12.3. The molecule has 1 fully saturated rings. The van der Waals surface area contributed by atoms with Crippen LogP contribution in [0.1, 0.15) is 53.4 Å². The van der Waals surface area contributed by atoms with E-state index in [1.54, 1.807) is 0 Å². The molecule has 1 N–H and O–H groups in total. The lowest BCUT2D eigenvalue weighted by molar-refractivity contribution is -0.131. The third-order valence-electron chi connectivity index (χ3n) is 4.45. The van der Waals surface area contributed by atoms with Crippen LogP contribution in [-0.2, 0) is 4.79 Å². The summed E-state index contributed by atoms with van der Waals surface area (Å²) in [6.45, 7) is 8.47. The Bertz CT molecular complexity index is 237. The van der Waals surface area contributed by atoms with Gasteiger partial charge in [0.1, 0.15) is 5.78 Å². The van der Waals surface area contributed by atoms with E-state index in [1.165, 1.54) is 0 Å². The first kappa shape index (κ1) is 13.7. The van der Waals surface area contributed by atoms with Gasteiger partial charge in [0, 0.05) is 11.8 Å². The van der Waals surface area contributed by atoms with E-state index in [-0.39, 0.29) is 17.9 Å². The second kappa shape index (κ2) is 5.81. The molecule has 1 aliphatic carbocycles. The highest BCUT2D eigenvalue weighted by atomic mass is 16.3. The third kappa shape index (κ3) is 3.07. The van der Waals surface area contributed by atoms with Crippen molar-refractivity contribution in [2.24, 2.45) is 23.7 Å². The summed E-state index contributed by atoms with van der Waals surface area (Å²) in [5, 5.41) is 9.56. The van der Waals surface area contributed by atoms with E-state index >= 15 is 0 Å². The van der Waals surface area contributed by atoms with Crippen molar-refractivity contribution in [3.8, 4) is 0 Å². The molecule has 0 aromatic rings. The average molecular weight is 226 g/mol. The average Bonchev–Trinajstić information content (AvgIpc) is 2.26. The minimum absolute atomic E-state index is 0.174. The predicted molar refractivity (Wildman–Crippen MR) is 66.1 cm³/mol. The third-order valence-corrected chi connectivity index (χ3v) is 4.45. The van der Waals surface area contributed by atoms with Crippen molar-refractivity contribution in [3.05, 3.63) is 0 Å². The second-order valence-corrected chi connectivity index (χ2v) is 5.63. The first-order valence-electron chi connectivity index (χ1n) is 6.69. The van der Waals surface area contributed by atoms with Gasteiger partial charge in [-0.3, -0.25) is 4.79 Å². The van der Waals surface area contributed by atoms with Crippen LogP contribution in [0.5, 0.6) is 0 Å². The van der Waals surface area contributed by atoms with Crippen LogP contribution in [0.4, 0.5) is 0 Å². The summed E-state index contributed by atoms with van der Waals surface area (Å²) in [6.07, 6.45) is 3.36. The van der Waals surface area contributed by atoms with Gasteiger partial charge in [-0.25, -0.2) is 0 Å². The highest BCUT2D eigenvalue weighted by Crippen LogP contribution is 2.34. The van der Waals surface area contributed by atoms with E-state index in [2.05, 4.69) is 27.7 Å². The van der Waals surface area contributed by atoms with Gasteiger partial charge in [0.25, 0.3) is 0 Å². The Labute approximate surface area is 99.4 Å². The number of aliphatic hydroxyl groups excluding tert-OH is 1. The minimum Gasteiger partial charge on any atom is -0.393 e. The van der Waals surface area contributed by atoms with Crippen LogP contribution in [-0.4, -0.2) is 17.0 Å². The van der Waals surface area contributed by atoms with E-state index in [9.17, 15) is 9.90 Å². The molecule has 1 rings (SSSR count). The molecule has 0 spiro atoms. The highest BCUT2D eigenvalue weighted by molar-refractivity contribution is 5.83. The lowest BCUT2D eigenvalue weighted by Gasteiger charge is -2.33. The van der Waals surface area contributed by atoms with E-state index < -0.39 is 0 Å². The number of hydrogen-bond donors (Lipinski definition) is 1. The Morgan fingerprint density at radius 2 is 2.00 bits per heavy atom. The zero-order valence-electron chi connectivity index (χ0n) is 11.1. The van der Waals surface area contributed by atoms with Crippen molar-refractivity contribution in [3.63, 3.8) is 0 Å². The maximum Gasteiger partial charge on any atom is 0.139 e. The SMILES string of the molecule is CCC(C)C(C)C(=O)C1CC[C@@H](O)CC1C. The summed E-state index contributed by atoms with van der Waals surface area (Å²) >= 11 is 0. The molecule has 0 aliphatic heterocycles. The van der Waals surface area contributed by atoms with Crippen molar-refractivity contribution in [1.82, 2.24) is 0 Å². The molecular weight excluding hydrogens is 200 g/mol. The van der Waals surface area contributed by atoms with Gasteiger partial charge in [-0.2, -0.15) is 0 Å². The molecule has 1 aliphatic rings. The fourth-order valence-electron chi connectivity index (χ4n) is 2.76. The lowest BCUT2D eigenvalue weighted by Crippen LogP contribution is -2.35. The molecule has 94 valence electrons. The number of hydrogen-bond acceptors (Lipinski definition) is 2. The fourth-order valence-corrected chi connectivity index (χ4v) is 2.76. The van der Waals surface area contributed by atoms with Crippen molar-refractivity contribution >= 4 is 5.78 Å². The standard InChI is InChI=1S/C14H26O2/c1-5-9(2)11(4)14(16)13-7-6-12(15)8-10(13)3/h9-13,15H,5-8H2,1-4H3/t9?,10?,11?,12-,13?/m1/s1. The zero-order valence-corrected chi connectivity index (χ0v) is 11.1. The maximum atomic E-state index is 12.3. The van der Waals surface area contributed by atoms with Gasteiger partial charge in [0.2, 0.25) is 0 Å². The topological polar surface area (TPSA) is 37.3 Å². The molecule has 0 saturated heterocycles. The molecule has 5 atom stereocenters. The van der Waals surface area contributed by atoms with Crippen LogP contribution in [0.25, 0.3) is 0 Å². The predicted octanol–water partition coefficient (Wildman–Crippen LogP) is 3.03. The monoisotopic (exact) mass is 226 g/mol. The summed E-state index contributed by atoms with van der Waals surface area (Å²) in [7, 11) is 0. The number of ketones is 1.